The molecule has 0 aliphatic carbocycles. The molecular weight excluding hydrogens is 206 g/mol. The highest BCUT2D eigenvalue weighted by Gasteiger charge is 1.91. The lowest BCUT2D eigenvalue weighted by Crippen LogP contribution is -2.06. The van der Waals surface area contributed by atoms with Crippen LogP contribution < -0.4 is 11.3 Å². The molecule has 0 fully saturated rings. The molecule has 0 bridgehead atoms. The van der Waals surface area contributed by atoms with Gasteiger partial charge in [0.2, 0.25) is 0 Å². The number of nitrogen functional groups attached to an aromatic ring is 1. The summed E-state index contributed by atoms with van der Waals surface area (Å²) in [5.41, 5.74) is 3.21. The molecule has 1 aromatic carbocycles. The fourth-order valence-corrected chi connectivity index (χ4v) is 0.769. The van der Waals surface area contributed by atoms with Gasteiger partial charge in [0.05, 0.1) is 10.7 Å². The van der Waals surface area contributed by atoms with E-state index in [1.165, 1.54) is 0 Å². The Balaban J connectivity index is 0. The lowest BCUT2D eigenvalue weighted by molar-refractivity contribution is 1.35. The Morgan fingerprint density at radius 1 is 1.18 bits per heavy atom. The summed E-state index contributed by atoms with van der Waals surface area (Å²) < 4.78 is 0. The highest BCUT2D eigenvalue weighted by atomic mass is 35.5. The first-order valence-corrected chi connectivity index (χ1v) is 2.93. The lowest BCUT2D eigenvalue weighted by atomic mass is 10.3. The maximum absolute atomic E-state index is 5.68. The third-order valence-electron chi connectivity index (χ3n) is 1.03. The van der Waals surface area contributed by atoms with Gasteiger partial charge in [0.25, 0.3) is 0 Å². The van der Waals surface area contributed by atoms with Crippen molar-refractivity contribution in [2.24, 2.45) is 5.84 Å². The molecule has 0 aliphatic rings. The molecule has 0 amide bonds. The van der Waals surface area contributed by atoms with E-state index in [9.17, 15) is 0 Å². The van der Waals surface area contributed by atoms with Crippen molar-refractivity contribution in [3.63, 3.8) is 0 Å². The second kappa shape index (κ2) is 6.55. The van der Waals surface area contributed by atoms with Crippen molar-refractivity contribution in [1.29, 1.82) is 0 Å². The number of anilines is 1. The quantitative estimate of drug-likeness (QED) is 0.558. The fourth-order valence-electron chi connectivity index (χ4n) is 0.578. The number of hydrogen-bond donors (Lipinski definition) is 2. The standard InChI is InChI=1S/C6H7ClN2.2ClH/c7-5-3-1-2-4-6(5)9-8;;/h1-4,9H,8H2;2*1H. The van der Waals surface area contributed by atoms with Crippen LogP contribution in [0.2, 0.25) is 5.02 Å². The van der Waals surface area contributed by atoms with Crippen molar-refractivity contribution < 1.29 is 0 Å². The first-order valence-electron chi connectivity index (χ1n) is 2.56. The third-order valence-corrected chi connectivity index (χ3v) is 1.36. The van der Waals surface area contributed by atoms with E-state index in [0.29, 0.717) is 5.02 Å². The summed E-state index contributed by atoms with van der Waals surface area (Å²) in [6.45, 7) is 0. The number of para-hydroxylation sites is 1. The van der Waals surface area contributed by atoms with E-state index in [-0.39, 0.29) is 24.8 Å². The zero-order valence-electron chi connectivity index (χ0n) is 5.58. The topological polar surface area (TPSA) is 38.0 Å². The number of rotatable bonds is 1. The molecule has 0 atom stereocenters. The van der Waals surface area contributed by atoms with E-state index >= 15 is 0 Å². The van der Waals surface area contributed by atoms with Crippen molar-refractivity contribution in [1.82, 2.24) is 0 Å². The number of benzene rings is 1. The van der Waals surface area contributed by atoms with Crippen LogP contribution in [0.15, 0.2) is 24.3 Å². The predicted molar refractivity (Wildman–Crippen MR) is 53.8 cm³/mol. The van der Waals surface area contributed by atoms with Gasteiger partial charge in [-0.1, -0.05) is 23.7 Å². The van der Waals surface area contributed by atoms with Crippen molar-refractivity contribution in [3.05, 3.63) is 29.3 Å². The molecule has 11 heavy (non-hydrogen) atoms. The van der Waals surface area contributed by atoms with Crippen LogP contribution in [-0.2, 0) is 0 Å². The van der Waals surface area contributed by atoms with Crippen LogP contribution >= 0.6 is 36.4 Å². The van der Waals surface area contributed by atoms with Crippen LogP contribution in [0.4, 0.5) is 5.69 Å². The van der Waals surface area contributed by atoms with Crippen molar-refractivity contribution >= 4 is 42.1 Å². The van der Waals surface area contributed by atoms with Crippen LogP contribution in [-0.4, -0.2) is 0 Å². The summed E-state index contributed by atoms with van der Waals surface area (Å²) in [6, 6.07) is 7.29. The molecule has 1 aromatic rings. The Bertz CT molecular complexity index is 205. The number of nitrogens with two attached hydrogens (primary N) is 1. The van der Waals surface area contributed by atoms with Gasteiger partial charge in [-0.15, -0.1) is 24.8 Å². The molecule has 0 saturated carbocycles. The predicted octanol–water partition coefficient (Wildman–Crippen LogP) is 2.47. The molecule has 5 heteroatoms. The van der Waals surface area contributed by atoms with Gasteiger partial charge in [-0.2, -0.15) is 0 Å². The molecule has 2 nitrogen and oxygen atoms in total. The molecule has 3 N–H and O–H groups in total. The molecule has 0 radical (unpaired) electrons. The Labute approximate surface area is 82.9 Å². The van der Waals surface area contributed by atoms with E-state index < -0.39 is 0 Å². The van der Waals surface area contributed by atoms with E-state index in [1.54, 1.807) is 6.07 Å². The Kier molecular flexibility index (Phi) is 8.01. The zero-order chi connectivity index (χ0) is 6.69. The number of hydrazine groups is 1. The first kappa shape index (κ1) is 13.4. The van der Waals surface area contributed by atoms with Gasteiger partial charge >= 0.3 is 0 Å². The van der Waals surface area contributed by atoms with Gasteiger partial charge in [-0.25, -0.2) is 0 Å². The minimum absolute atomic E-state index is 0. The molecule has 64 valence electrons. The smallest absolute Gasteiger partial charge is 0.0671 e. The van der Waals surface area contributed by atoms with Crippen LogP contribution in [0.5, 0.6) is 0 Å². The zero-order valence-corrected chi connectivity index (χ0v) is 7.97. The average molecular weight is 216 g/mol. The molecule has 0 spiro atoms. The number of nitrogens with one attached hydrogen (secondary N) is 1. The largest absolute Gasteiger partial charge is 0.323 e. The van der Waals surface area contributed by atoms with Gasteiger partial charge < -0.3 is 5.43 Å². The van der Waals surface area contributed by atoms with E-state index in [4.69, 9.17) is 17.4 Å². The van der Waals surface area contributed by atoms with E-state index in [2.05, 4.69) is 5.43 Å². The SMILES string of the molecule is Cl.Cl.NNc1ccccc1Cl. The minimum Gasteiger partial charge on any atom is -0.323 e. The first-order chi connectivity index (χ1) is 4.34. The van der Waals surface area contributed by atoms with Crippen molar-refractivity contribution in [2.75, 3.05) is 5.43 Å². The summed E-state index contributed by atoms with van der Waals surface area (Å²) in [5, 5.41) is 0.639. The monoisotopic (exact) mass is 214 g/mol. The summed E-state index contributed by atoms with van der Waals surface area (Å²) >= 11 is 5.68. The van der Waals surface area contributed by atoms with Crippen molar-refractivity contribution in [3.8, 4) is 0 Å². The number of halogens is 3. The summed E-state index contributed by atoms with van der Waals surface area (Å²) in [7, 11) is 0. The molecule has 0 saturated heterocycles. The second-order valence-corrected chi connectivity index (χ2v) is 2.03. The molecule has 0 aromatic heterocycles. The van der Waals surface area contributed by atoms with Crippen LogP contribution in [0.25, 0.3) is 0 Å². The third kappa shape index (κ3) is 3.68. The summed E-state index contributed by atoms with van der Waals surface area (Å²) in [6.07, 6.45) is 0. The minimum atomic E-state index is 0. The van der Waals surface area contributed by atoms with Crippen LogP contribution in [0, 0.1) is 0 Å². The number of hydrogen-bond acceptors (Lipinski definition) is 2. The molecule has 1 rings (SSSR count). The van der Waals surface area contributed by atoms with Crippen LogP contribution in [0.3, 0.4) is 0 Å². The molecule has 0 heterocycles. The summed E-state index contributed by atoms with van der Waals surface area (Å²) in [4.78, 5) is 0. The van der Waals surface area contributed by atoms with E-state index in [1.807, 2.05) is 18.2 Å². The lowest BCUT2D eigenvalue weighted by Gasteiger charge is -1.99. The Hall–Kier alpha value is -0.150. The highest BCUT2D eigenvalue weighted by Crippen LogP contribution is 2.18. The Morgan fingerprint density at radius 2 is 1.73 bits per heavy atom. The Morgan fingerprint density at radius 3 is 2.09 bits per heavy atom. The second-order valence-electron chi connectivity index (χ2n) is 1.62. The van der Waals surface area contributed by atoms with Gasteiger partial charge in [-0.05, 0) is 12.1 Å². The van der Waals surface area contributed by atoms with Gasteiger partial charge in [0.15, 0.2) is 0 Å². The maximum Gasteiger partial charge on any atom is 0.0671 e. The summed E-state index contributed by atoms with van der Waals surface area (Å²) in [5.74, 6) is 5.12. The maximum atomic E-state index is 5.68. The average Bonchev–Trinajstić information content (AvgIpc) is 1.89. The van der Waals surface area contributed by atoms with Crippen molar-refractivity contribution in [2.45, 2.75) is 0 Å². The molecule has 0 aliphatic heterocycles. The fraction of sp³-hybridized carbons (Fsp3) is 0. The molecule has 0 unspecified atom stereocenters. The normalized spacial score (nSPS) is 7.45. The molecular formula is C6H9Cl3N2. The van der Waals surface area contributed by atoms with Gasteiger partial charge in [-0.3, -0.25) is 5.84 Å². The van der Waals surface area contributed by atoms with Crippen LogP contribution in [0.1, 0.15) is 0 Å². The van der Waals surface area contributed by atoms with Gasteiger partial charge in [0, 0.05) is 0 Å². The van der Waals surface area contributed by atoms with E-state index in [0.717, 1.165) is 5.69 Å². The van der Waals surface area contributed by atoms with Gasteiger partial charge in [0.1, 0.15) is 0 Å². The highest BCUT2D eigenvalue weighted by molar-refractivity contribution is 6.33.